The molecule has 2 nitrogen and oxygen atoms in total. The van der Waals surface area contributed by atoms with E-state index in [0.29, 0.717) is 6.61 Å². The third-order valence-corrected chi connectivity index (χ3v) is 2.45. The van der Waals surface area contributed by atoms with E-state index in [1.807, 2.05) is 0 Å². The average Bonchev–Trinajstić information content (AvgIpc) is 2.04. The van der Waals surface area contributed by atoms with E-state index in [1.54, 1.807) is 0 Å². The fourth-order valence-electron chi connectivity index (χ4n) is 1.72. The molecule has 1 atom stereocenters. The van der Waals surface area contributed by atoms with E-state index in [4.69, 9.17) is 5.11 Å². The van der Waals surface area contributed by atoms with Crippen molar-refractivity contribution in [3.63, 3.8) is 0 Å². The summed E-state index contributed by atoms with van der Waals surface area (Å²) in [4.78, 5) is 2.22. The molecule has 80 valence electrons. The lowest BCUT2D eigenvalue weighted by atomic mass is 9.95. The van der Waals surface area contributed by atoms with Crippen LogP contribution in [-0.2, 0) is 0 Å². The minimum atomic E-state index is 0.354. The van der Waals surface area contributed by atoms with Crippen molar-refractivity contribution >= 4 is 0 Å². The molecule has 1 N–H and O–H groups in total. The van der Waals surface area contributed by atoms with Crippen molar-refractivity contribution in [1.29, 1.82) is 0 Å². The lowest BCUT2D eigenvalue weighted by Crippen LogP contribution is -2.14. The van der Waals surface area contributed by atoms with Crippen molar-refractivity contribution < 1.29 is 5.11 Å². The molecule has 0 saturated heterocycles. The highest BCUT2D eigenvalue weighted by atomic mass is 16.3. The highest BCUT2D eigenvalue weighted by molar-refractivity contribution is 4.59. The molecule has 0 aliphatic carbocycles. The minimum absolute atomic E-state index is 0.354. The molecule has 0 bridgehead atoms. The van der Waals surface area contributed by atoms with Crippen LogP contribution in [-0.4, -0.2) is 37.3 Å². The van der Waals surface area contributed by atoms with Crippen LogP contribution in [0, 0.1) is 5.92 Å². The first-order chi connectivity index (χ1) is 6.20. The Bertz CT molecular complexity index is 98.3. The van der Waals surface area contributed by atoms with Crippen LogP contribution in [0.4, 0.5) is 0 Å². The topological polar surface area (TPSA) is 23.5 Å². The zero-order valence-corrected chi connectivity index (χ0v) is 9.42. The van der Waals surface area contributed by atoms with Crippen molar-refractivity contribution in [2.24, 2.45) is 5.92 Å². The molecule has 0 saturated carbocycles. The van der Waals surface area contributed by atoms with Crippen LogP contribution in [0.15, 0.2) is 0 Å². The van der Waals surface area contributed by atoms with Crippen LogP contribution in [0.3, 0.4) is 0 Å². The molecular weight excluding hydrogens is 162 g/mol. The van der Waals surface area contributed by atoms with Crippen LogP contribution in [0.1, 0.15) is 39.0 Å². The third kappa shape index (κ3) is 8.26. The van der Waals surface area contributed by atoms with E-state index in [-0.39, 0.29) is 0 Å². The molecule has 0 aromatic rings. The van der Waals surface area contributed by atoms with Gasteiger partial charge in [-0.25, -0.2) is 0 Å². The van der Waals surface area contributed by atoms with Gasteiger partial charge in [0.05, 0.1) is 0 Å². The molecule has 0 amide bonds. The summed E-state index contributed by atoms with van der Waals surface area (Å²) in [5.74, 6) is 0.745. The quantitative estimate of drug-likeness (QED) is 0.629. The molecule has 0 aromatic carbocycles. The Hall–Kier alpha value is -0.0800. The summed E-state index contributed by atoms with van der Waals surface area (Å²) in [7, 11) is 4.22. The van der Waals surface area contributed by atoms with Gasteiger partial charge >= 0.3 is 0 Å². The molecule has 0 heterocycles. The smallest absolute Gasteiger partial charge is 0.0433 e. The maximum absolute atomic E-state index is 8.86. The van der Waals surface area contributed by atoms with E-state index >= 15 is 0 Å². The van der Waals surface area contributed by atoms with E-state index in [2.05, 4.69) is 25.9 Å². The van der Waals surface area contributed by atoms with Crippen molar-refractivity contribution in [3.05, 3.63) is 0 Å². The molecule has 0 radical (unpaired) electrons. The summed E-state index contributed by atoms with van der Waals surface area (Å²) in [5.41, 5.74) is 0. The highest BCUT2D eigenvalue weighted by Crippen LogP contribution is 2.16. The van der Waals surface area contributed by atoms with Gasteiger partial charge in [-0.1, -0.05) is 19.8 Å². The predicted molar refractivity (Wildman–Crippen MR) is 57.9 cm³/mol. The molecule has 0 aliphatic heterocycles. The summed E-state index contributed by atoms with van der Waals surface area (Å²) >= 11 is 0. The van der Waals surface area contributed by atoms with Gasteiger partial charge in [0.1, 0.15) is 0 Å². The average molecular weight is 187 g/mol. The summed E-state index contributed by atoms with van der Waals surface area (Å²) < 4.78 is 0. The second-order valence-corrected chi connectivity index (χ2v) is 4.11. The second kappa shape index (κ2) is 8.52. The Morgan fingerprint density at radius 3 is 2.31 bits per heavy atom. The first-order valence-corrected chi connectivity index (χ1v) is 5.46. The Kier molecular flexibility index (Phi) is 8.46. The first kappa shape index (κ1) is 12.9. The van der Waals surface area contributed by atoms with Crippen LogP contribution in [0.5, 0.6) is 0 Å². The number of hydrogen-bond donors (Lipinski definition) is 1. The zero-order chi connectivity index (χ0) is 10.1. The number of nitrogens with zero attached hydrogens (tertiary/aromatic N) is 1. The van der Waals surface area contributed by atoms with Crippen LogP contribution in [0.25, 0.3) is 0 Å². The van der Waals surface area contributed by atoms with Gasteiger partial charge in [0.15, 0.2) is 0 Å². The maximum atomic E-state index is 8.86. The lowest BCUT2D eigenvalue weighted by Gasteiger charge is -2.16. The van der Waals surface area contributed by atoms with Crippen molar-refractivity contribution in [2.45, 2.75) is 39.0 Å². The zero-order valence-electron chi connectivity index (χ0n) is 9.42. The number of hydrogen-bond acceptors (Lipinski definition) is 2. The number of aliphatic hydroxyl groups is 1. The van der Waals surface area contributed by atoms with Crippen LogP contribution in [0.2, 0.25) is 0 Å². The Labute approximate surface area is 82.9 Å². The monoisotopic (exact) mass is 187 g/mol. The normalized spacial score (nSPS) is 13.6. The summed E-state index contributed by atoms with van der Waals surface area (Å²) in [5, 5.41) is 8.86. The van der Waals surface area contributed by atoms with E-state index in [0.717, 1.165) is 12.3 Å². The summed E-state index contributed by atoms with van der Waals surface area (Å²) in [6, 6.07) is 0. The van der Waals surface area contributed by atoms with Gasteiger partial charge in [-0.3, -0.25) is 0 Å². The number of aliphatic hydroxyl groups excluding tert-OH is 1. The third-order valence-electron chi connectivity index (χ3n) is 2.45. The highest BCUT2D eigenvalue weighted by Gasteiger charge is 2.06. The van der Waals surface area contributed by atoms with E-state index in [9.17, 15) is 0 Å². The molecule has 0 rings (SSSR count). The Morgan fingerprint density at radius 2 is 1.85 bits per heavy atom. The minimum Gasteiger partial charge on any atom is -0.396 e. The first-order valence-electron chi connectivity index (χ1n) is 5.46. The van der Waals surface area contributed by atoms with E-state index in [1.165, 1.54) is 32.2 Å². The van der Waals surface area contributed by atoms with Crippen molar-refractivity contribution in [2.75, 3.05) is 27.2 Å². The molecule has 0 spiro atoms. The molecule has 0 fully saturated rings. The standard InChI is InChI=1S/C11H25NO/c1-4-6-11(8-10-13)7-5-9-12(2)3/h11,13H,4-10H2,1-3H3/t11-/m0/s1. The Balaban J connectivity index is 3.44. The SMILES string of the molecule is CCC[C@H](CCO)CCCN(C)C. The molecule has 0 aliphatic rings. The Morgan fingerprint density at radius 1 is 1.15 bits per heavy atom. The van der Waals surface area contributed by atoms with Gasteiger partial charge in [-0.05, 0) is 45.8 Å². The molecule has 13 heavy (non-hydrogen) atoms. The largest absolute Gasteiger partial charge is 0.396 e. The van der Waals surface area contributed by atoms with Gasteiger partial charge in [0.2, 0.25) is 0 Å². The van der Waals surface area contributed by atoms with E-state index < -0.39 is 0 Å². The van der Waals surface area contributed by atoms with Crippen LogP contribution < -0.4 is 0 Å². The predicted octanol–water partition coefficient (Wildman–Crippen LogP) is 2.13. The van der Waals surface area contributed by atoms with Gasteiger partial charge in [0.25, 0.3) is 0 Å². The molecular formula is C11H25NO. The van der Waals surface area contributed by atoms with Gasteiger partial charge in [0, 0.05) is 6.61 Å². The molecule has 0 unspecified atom stereocenters. The molecule has 2 heteroatoms. The lowest BCUT2D eigenvalue weighted by molar-refractivity contribution is 0.240. The van der Waals surface area contributed by atoms with Gasteiger partial charge in [-0.2, -0.15) is 0 Å². The van der Waals surface area contributed by atoms with Gasteiger partial charge < -0.3 is 10.0 Å². The number of rotatable bonds is 8. The van der Waals surface area contributed by atoms with Gasteiger partial charge in [-0.15, -0.1) is 0 Å². The summed E-state index contributed by atoms with van der Waals surface area (Å²) in [6.45, 7) is 3.74. The molecule has 0 aromatic heterocycles. The van der Waals surface area contributed by atoms with Crippen LogP contribution >= 0.6 is 0 Å². The fourth-order valence-corrected chi connectivity index (χ4v) is 1.72. The summed E-state index contributed by atoms with van der Waals surface area (Å²) in [6.07, 6.45) is 6.03. The second-order valence-electron chi connectivity index (χ2n) is 4.11. The maximum Gasteiger partial charge on any atom is 0.0433 e. The fraction of sp³-hybridized carbons (Fsp3) is 1.00. The van der Waals surface area contributed by atoms with Crippen molar-refractivity contribution in [1.82, 2.24) is 4.90 Å². The van der Waals surface area contributed by atoms with Crippen molar-refractivity contribution in [3.8, 4) is 0 Å².